The minimum Gasteiger partial charge on any atom is -0.378 e. The molecule has 0 radical (unpaired) electrons. The maximum Gasteiger partial charge on any atom is 0.273 e. The molecule has 0 spiro atoms. The summed E-state index contributed by atoms with van der Waals surface area (Å²) in [6.07, 6.45) is 1.84. The molecule has 0 aromatic carbocycles. The van der Waals surface area contributed by atoms with Gasteiger partial charge in [0.25, 0.3) is 5.56 Å². The molecule has 3 heteroatoms. The molecule has 0 aliphatic carbocycles. The van der Waals surface area contributed by atoms with Crippen LogP contribution in [0.4, 0.5) is 5.69 Å². The Morgan fingerprint density at radius 3 is 2.53 bits per heavy atom. The Labute approximate surface area is 91.1 Å². The molecule has 0 amide bonds. The molecule has 3 nitrogen and oxygen atoms in total. The summed E-state index contributed by atoms with van der Waals surface area (Å²) in [5.74, 6) is 0.483. The van der Waals surface area contributed by atoms with Crippen LogP contribution in [0.3, 0.4) is 0 Å². The number of nitrogens with zero attached hydrogens (tertiary/aromatic N) is 1. The third-order valence-electron chi connectivity index (χ3n) is 2.03. The molecule has 0 saturated carbocycles. The molecule has 1 rings (SSSR count). The first kappa shape index (κ1) is 11.8. The Hall–Kier alpha value is -1.25. The van der Waals surface area contributed by atoms with Crippen molar-refractivity contribution in [1.29, 1.82) is 0 Å². The summed E-state index contributed by atoms with van der Waals surface area (Å²) >= 11 is 0. The lowest BCUT2D eigenvalue weighted by Crippen LogP contribution is -2.26. The first-order valence-electron chi connectivity index (χ1n) is 5.46. The molecular weight excluding hydrogens is 188 g/mol. The molecule has 0 aliphatic heterocycles. The highest BCUT2D eigenvalue weighted by atomic mass is 16.1. The lowest BCUT2D eigenvalue weighted by Gasteiger charge is -2.13. The van der Waals surface area contributed by atoms with Crippen LogP contribution in [0.2, 0.25) is 0 Å². The molecule has 0 saturated heterocycles. The third-order valence-corrected chi connectivity index (χ3v) is 2.03. The second-order valence-corrected chi connectivity index (χ2v) is 4.57. The van der Waals surface area contributed by atoms with Crippen LogP contribution in [0.5, 0.6) is 0 Å². The van der Waals surface area contributed by atoms with Crippen molar-refractivity contribution in [1.82, 2.24) is 4.57 Å². The normalized spacial score (nSPS) is 11.1. The van der Waals surface area contributed by atoms with E-state index in [9.17, 15) is 4.79 Å². The summed E-state index contributed by atoms with van der Waals surface area (Å²) in [6, 6.07) is 4.03. The molecule has 1 N–H and O–H groups in total. The Bertz CT molecular complexity index is 335. The molecule has 1 heterocycles. The van der Waals surface area contributed by atoms with Gasteiger partial charge >= 0.3 is 0 Å². The van der Waals surface area contributed by atoms with Crippen LogP contribution in [0.15, 0.2) is 23.1 Å². The van der Waals surface area contributed by atoms with Gasteiger partial charge in [0.15, 0.2) is 0 Å². The smallest absolute Gasteiger partial charge is 0.273 e. The number of rotatable bonds is 4. The number of pyridine rings is 1. The number of hydrogen-bond donors (Lipinski definition) is 1. The van der Waals surface area contributed by atoms with Gasteiger partial charge in [0.1, 0.15) is 5.69 Å². The van der Waals surface area contributed by atoms with E-state index >= 15 is 0 Å². The van der Waals surface area contributed by atoms with Crippen LogP contribution >= 0.6 is 0 Å². The van der Waals surface area contributed by atoms with Crippen LogP contribution in [0.25, 0.3) is 0 Å². The summed E-state index contributed by atoms with van der Waals surface area (Å²) in [6.45, 7) is 9.04. The molecule has 0 bridgehead atoms. The summed E-state index contributed by atoms with van der Waals surface area (Å²) in [4.78, 5) is 11.9. The lowest BCUT2D eigenvalue weighted by atomic mass is 10.2. The monoisotopic (exact) mass is 208 g/mol. The van der Waals surface area contributed by atoms with Crippen LogP contribution in [0, 0.1) is 5.92 Å². The molecule has 0 fully saturated rings. The van der Waals surface area contributed by atoms with Crippen molar-refractivity contribution < 1.29 is 0 Å². The lowest BCUT2D eigenvalue weighted by molar-refractivity contribution is 0.511. The summed E-state index contributed by atoms with van der Waals surface area (Å²) in [5.41, 5.74) is 0.757. The quantitative estimate of drug-likeness (QED) is 0.824. The fourth-order valence-corrected chi connectivity index (χ4v) is 1.49. The van der Waals surface area contributed by atoms with Gasteiger partial charge in [0.2, 0.25) is 0 Å². The van der Waals surface area contributed by atoms with Gasteiger partial charge in [-0.2, -0.15) is 0 Å². The van der Waals surface area contributed by atoms with Crippen LogP contribution in [-0.2, 0) is 6.54 Å². The maximum atomic E-state index is 11.9. The highest BCUT2D eigenvalue weighted by molar-refractivity contribution is 5.40. The van der Waals surface area contributed by atoms with Crippen molar-refractivity contribution in [2.24, 2.45) is 5.92 Å². The summed E-state index contributed by atoms with van der Waals surface area (Å²) in [7, 11) is 0. The first-order chi connectivity index (χ1) is 7.00. The van der Waals surface area contributed by atoms with Gasteiger partial charge < -0.3 is 9.88 Å². The van der Waals surface area contributed by atoms with Crippen LogP contribution in [-0.4, -0.2) is 10.6 Å². The zero-order valence-corrected chi connectivity index (χ0v) is 9.95. The molecule has 84 valence electrons. The average molecular weight is 208 g/mol. The van der Waals surface area contributed by atoms with Crippen molar-refractivity contribution in [2.75, 3.05) is 5.32 Å². The Kier molecular flexibility index (Phi) is 3.95. The highest BCUT2D eigenvalue weighted by Gasteiger charge is 2.04. The van der Waals surface area contributed by atoms with Crippen LogP contribution in [0.1, 0.15) is 27.7 Å². The van der Waals surface area contributed by atoms with E-state index in [1.54, 1.807) is 4.57 Å². The second-order valence-electron chi connectivity index (χ2n) is 4.57. The van der Waals surface area contributed by atoms with Gasteiger partial charge in [-0.1, -0.05) is 13.8 Å². The second kappa shape index (κ2) is 5.01. The standard InChI is InChI=1S/C12H20N2O/c1-9(2)8-14-7-5-6-11(12(14)15)13-10(3)4/h5-7,9-10,13H,8H2,1-4H3. The minimum absolute atomic E-state index is 0.0694. The topological polar surface area (TPSA) is 34.0 Å². The van der Waals surface area contributed by atoms with Gasteiger partial charge in [0.05, 0.1) is 0 Å². The fourth-order valence-electron chi connectivity index (χ4n) is 1.49. The van der Waals surface area contributed by atoms with Gasteiger partial charge in [-0.25, -0.2) is 0 Å². The first-order valence-corrected chi connectivity index (χ1v) is 5.46. The van der Waals surface area contributed by atoms with Crippen molar-refractivity contribution in [2.45, 2.75) is 40.3 Å². The van der Waals surface area contributed by atoms with Crippen molar-refractivity contribution >= 4 is 5.69 Å². The Morgan fingerprint density at radius 2 is 2.00 bits per heavy atom. The van der Waals surface area contributed by atoms with Gasteiger partial charge in [-0.15, -0.1) is 0 Å². The molecule has 0 unspecified atom stereocenters. The van der Waals surface area contributed by atoms with Gasteiger partial charge in [0, 0.05) is 18.8 Å². The molecule has 15 heavy (non-hydrogen) atoms. The maximum absolute atomic E-state index is 11.9. The number of hydrogen-bond acceptors (Lipinski definition) is 2. The van der Waals surface area contributed by atoms with E-state index < -0.39 is 0 Å². The molecule has 1 aromatic heterocycles. The summed E-state index contributed by atoms with van der Waals surface area (Å²) in [5, 5.41) is 3.15. The fraction of sp³-hybridized carbons (Fsp3) is 0.583. The van der Waals surface area contributed by atoms with Crippen molar-refractivity contribution in [3.05, 3.63) is 28.7 Å². The number of anilines is 1. The summed E-state index contributed by atoms with van der Waals surface area (Å²) < 4.78 is 1.76. The van der Waals surface area contributed by atoms with Gasteiger partial charge in [-0.3, -0.25) is 4.79 Å². The van der Waals surface area contributed by atoms with E-state index in [0.29, 0.717) is 11.6 Å². The number of aromatic nitrogens is 1. The van der Waals surface area contributed by atoms with E-state index in [1.807, 2.05) is 32.2 Å². The zero-order valence-electron chi connectivity index (χ0n) is 9.95. The van der Waals surface area contributed by atoms with Crippen molar-refractivity contribution in [3.8, 4) is 0 Å². The number of nitrogens with one attached hydrogen (secondary N) is 1. The average Bonchev–Trinajstić information content (AvgIpc) is 2.10. The highest BCUT2D eigenvalue weighted by Crippen LogP contribution is 2.03. The predicted octanol–water partition coefficient (Wildman–Crippen LogP) is 2.32. The molecule has 1 aromatic rings. The minimum atomic E-state index is 0.0694. The Morgan fingerprint density at radius 1 is 1.33 bits per heavy atom. The predicted molar refractivity (Wildman–Crippen MR) is 64.3 cm³/mol. The van der Waals surface area contributed by atoms with Crippen LogP contribution < -0.4 is 10.9 Å². The van der Waals surface area contributed by atoms with Crippen molar-refractivity contribution in [3.63, 3.8) is 0 Å². The van der Waals surface area contributed by atoms with E-state index in [4.69, 9.17) is 0 Å². The van der Waals surface area contributed by atoms with E-state index in [0.717, 1.165) is 6.54 Å². The van der Waals surface area contributed by atoms with Gasteiger partial charge in [-0.05, 0) is 31.9 Å². The SMILES string of the molecule is CC(C)Cn1cccc(NC(C)C)c1=O. The molecule has 0 aliphatic rings. The zero-order chi connectivity index (χ0) is 11.4. The largest absolute Gasteiger partial charge is 0.378 e. The van der Waals surface area contributed by atoms with E-state index in [1.165, 1.54) is 0 Å². The van der Waals surface area contributed by atoms with E-state index in [2.05, 4.69) is 19.2 Å². The molecular formula is C12H20N2O. The van der Waals surface area contributed by atoms with E-state index in [-0.39, 0.29) is 11.6 Å². The third kappa shape index (κ3) is 3.42. The Balaban J connectivity index is 2.95. The molecule has 0 atom stereocenters.